The summed E-state index contributed by atoms with van der Waals surface area (Å²) in [6.07, 6.45) is 0. The standard InChI is InChI=1S/C23H34N4O5/c1-13(2)19(28)10-25-22(31)16-7-17(23(32)26-11-20(29)14(3)4)9-18(8-16)27-21(30)12-24-15(5)6/h7-9,13-15,24H,10-12H2,1-6H3,(H,25,31)(H,26,32)(H,27,30). The zero-order valence-corrected chi connectivity index (χ0v) is 19.6. The van der Waals surface area contributed by atoms with Crippen molar-refractivity contribution in [2.45, 2.75) is 47.6 Å². The Kier molecular flexibility index (Phi) is 10.7. The van der Waals surface area contributed by atoms with Gasteiger partial charge < -0.3 is 21.3 Å². The number of ketones is 2. The van der Waals surface area contributed by atoms with E-state index in [1.165, 1.54) is 18.2 Å². The van der Waals surface area contributed by atoms with Gasteiger partial charge in [0.2, 0.25) is 5.91 Å². The fourth-order valence-electron chi connectivity index (χ4n) is 2.41. The van der Waals surface area contributed by atoms with Crippen LogP contribution in [0.3, 0.4) is 0 Å². The van der Waals surface area contributed by atoms with Crippen molar-refractivity contribution >= 4 is 35.0 Å². The third kappa shape index (κ3) is 9.38. The van der Waals surface area contributed by atoms with Crippen LogP contribution in [0.5, 0.6) is 0 Å². The second-order valence-electron chi connectivity index (χ2n) is 8.49. The first-order chi connectivity index (χ1) is 14.9. The van der Waals surface area contributed by atoms with Gasteiger partial charge in [-0.15, -0.1) is 0 Å². The maximum absolute atomic E-state index is 12.6. The molecule has 176 valence electrons. The third-order valence-electron chi connectivity index (χ3n) is 4.55. The van der Waals surface area contributed by atoms with E-state index in [-0.39, 0.29) is 71.8 Å². The van der Waals surface area contributed by atoms with Crippen molar-refractivity contribution in [1.82, 2.24) is 16.0 Å². The SMILES string of the molecule is CC(C)NCC(=O)Nc1cc(C(=O)NCC(=O)C(C)C)cc(C(=O)NCC(=O)C(C)C)c1. The van der Waals surface area contributed by atoms with Crippen molar-refractivity contribution in [2.24, 2.45) is 11.8 Å². The fourth-order valence-corrected chi connectivity index (χ4v) is 2.41. The predicted octanol–water partition coefficient (Wildman–Crippen LogP) is 1.53. The van der Waals surface area contributed by atoms with Crippen molar-refractivity contribution in [3.8, 4) is 0 Å². The highest BCUT2D eigenvalue weighted by molar-refractivity contribution is 6.04. The second-order valence-corrected chi connectivity index (χ2v) is 8.49. The van der Waals surface area contributed by atoms with Crippen molar-refractivity contribution in [1.29, 1.82) is 0 Å². The summed E-state index contributed by atoms with van der Waals surface area (Å²) in [5.74, 6) is -2.16. The maximum Gasteiger partial charge on any atom is 0.251 e. The van der Waals surface area contributed by atoms with Crippen LogP contribution in [0, 0.1) is 11.8 Å². The monoisotopic (exact) mass is 446 g/mol. The molecule has 0 atom stereocenters. The minimum absolute atomic E-state index is 0.0569. The van der Waals surface area contributed by atoms with Crippen LogP contribution in [-0.4, -0.2) is 55.0 Å². The molecule has 0 aliphatic heterocycles. The van der Waals surface area contributed by atoms with Gasteiger partial charge in [-0.3, -0.25) is 24.0 Å². The number of benzene rings is 1. The average Bonchev–Trinajstić information content (AvgIpc) is 2.73. The van der Waals surface area contributed by atoms with Crippen LogP contribution in [0.25, 0.3) is 0 Å². The first-order valence-corrected chi connectivity index (χ1v) is 10.7. The number of Topliss-reactive ketones (excluding diaryl/α,β-unsaturated/α-hetero) is 2. The average molecular weight is 447 g/mol. The Morgan fingerprint density at radius 1 is 0.688 bits per heavy atom. The van der Waals surface area contributed by atoms with Crippen LogP contribution in [-0.2, 0) is 14.4 Å². The summed E-state index contributed by atoms with van der Waals surface area (Å²) in [7, 11) is 0. The van der Waals surface area contributed by atoms with E-state index < -0.39 is 11.8 Å². The molecule has 9 heteroatoms. The predicted molar refractivity (Wildman–Crippen MR) is 123 cm³/mol. The highest BCUT2D eigenvalue weighted by Crippen LogP contribution is 2.16. The lowest BCUT2D eigenvalue weighted by molar-refractivity contribution is -0.121. The molecule has 0 aromatic heterocycles. The molecule has 0 aliphatic rings. The zero-order valence-electron chi connectivity index (χ0n) is 19.6. The quantitative estimate of drug-likeness (QED) is 0.385. The van der Waals surface area contributed by atoms with Gasteiger partial charge in [0.1, 0.15) is 0 Å². The molecule has 3 amide bonds. The van der Waals surface area contributed by atoms with Gasteiger partial charge in [0.15, 0.2) is 11.6 Å². The topological polar surface area (TPSA) is 133 Å². The number of nitrogens with one attached hydrogen (secondary N) is 4. The van der Waals surface area contributed by atoms with Crippen LogP contribution in [0.15, 0.2) is 18.2 Å². The number of anilines is 1. The summed E-state index contributed by atoms with van der Waals surface area (Å²) < 4.78 is 0. The molecule has 32 heavy (non-hydrogen) atoms. The molecule has 1 aromatic rings. The molecule has 0 saturated carbocycles. The second kappa shape index (κ2) is 12.7. The van der Waals surface area contributed by atoms with Gasteiger partial charge in [-0.25, -0.2) is 0 Å². The van der Waals surface area contributed by atoms with Crippen LogP contribution in [0.4, 0.5) is 5.69 Å². The lowest BCUT2D eigenvalue weighted by Gasteiger charge is -2.13. The molecular weight excluding hydrogens is 412 g/mol. The minimum atomic E-state index is -0.553. The Balaban J connectivity index is 3.08. The fraction of sp³-hybridized carbons (Fsp3) is 0.522. The van der Waals surface area contributed by atoms with Gasteiger partial charge in [0.05, 0.1) is 19.6 Å². The molecule has 4 N–H and O–H groups in total. The Bertz CT molecular complexity index is 808. The first kappa shape index (κ1) is 27.0. The number of amides is 3. The van der Waals surface area contributed by atoms with Gasteiger partial charge in [-0.2, -0.15) is 0 Å². The van der Waals surface area contributed by atoms with Crippen molar-refractivity contribution in [2.75, 3.05) is 25.0 Å². The van der Waals surface area contributed by atoms with E-state index in [0.29, 0.717) is 0 Å². The van der Waals surface area contributed by atoms with Gasteiger partial charge in [0, 0.05) is 34.7 Å². The van der Waals surface area contributed by atoms with E-state index in [1.807, 2.05) is 13.8 Å². The minimum Gasteiger partial charge on any atom is -0.345 e. The third-order valence-corrected chi connectivity index (χ3v) is 4.55. The molecule has 0 radical (unpaired) electrons. The molecule has 1 rings (SSSR count). The summed E-state index contributed by atoms with van der Waals surface area (Å²) in [6.45, 7) is 10.5. The van der Waals surface area contributed by atoms with Gasteiger partial charge in [0.25, 0.3) is 11.8 Å². The van der Waals surface area contributed by atoms with Crippen LogP contribution in [0.1, 0.15) is 62.3 Å². The van der Waals surface area contributed by atoms with Crippen molar-refractivity contribution in [3.63, 3.8) is 0 Å². The molecular formula is C23H34N4O5. The summed E-state index contributed by atoms with van der Waals surface area (Å²) in [5, 5.41) is 10.7. The number of rotatable bonds is 12. The maximum atomic E-state index is 12.6. The summed E-state index contributed by atoms with van der Waals surface area (Å²) in [6, 6.07) is 4.32. The highest BCUT2D eigenvalue weighted by Gasteiger charge is 2.17. The Hall–Kier alpha value is -3.07. The van der Waals surface area contributed by atoms with E-state index in [0.717, 1.165) is 0 Å². The van der Waals surface area contributed by atoms with E-state index in [1.54, 1.807) is 27.7 Å². The highest BCUT2D eigenvalue weighted by atomic mass is 16.2. The lowest BCUT2D eigenvalue weighted by Crippen LogP contribution is -2.34. The van der Waals surface area contributed by atoms with Crippen molar-refractivity contribution in [3.05, 3.63) is 29.3 Å². The van der Waals surface area contributed by atoms with Gasteiger partial charge in [-0.05, 0) is 18.2 Å². The van der Waals surface area contributed by atoms with E-state index in [9.17, 15) is 24.0 Å². The Morgan fingerprint density at radius 2 is 1.12 bits per heavy atom. The summed E-state index contributed by atoms with van der Waals surface area (Å²) in [4.78, 5) is 61.0. The first-order valence-electron chi connectivity index (χ1n) is 10.7. The van der Waals surface area contributed by atoms with E-state index >= 15 is 0 Å². The number of hydrogen-bond acceptors (Lipinski definition) is 6. The molecule has 9 nitrogen and oxygen atoms in total. The molecule has 0 saturated heterocycles. The number of carbonyl (C=O) groups excluding carboxylic acids is 5. The lowest BCUT2D eigenvalue weighted by atomic mass is 10.1. The normalized spacial score (nSPS) is 10.9. The zero-order chi connectivity index (χ0) is 24.4. The molecule has 1 aromatic carbocycles. The van der Waals surface area contributed by atoms with Crippen LogP contribution < -0.4 is 21.3 Å². The largest absolute Gasteiger partial charge is 0.345 e. The van der Waals surface area contributed by atoms with Crippen molar-refractivity contribution < 1.29 is 24.0 Å². The van der Waals surface area contributed by atoms with Gasteiger partial charge >= 0.3 is 0 Å². The number of carbonyl (C=O) groups is 5. The van der Waals surface area contributed by atoms with E-state index in [4.69, 9.17) is 0 Å². The molecule has 0 spiro atoms. The van der Waals surface area contributed by atoms with Crippen LogP contribution >= 0.6 is 0 Å². The van der Waals surface area contributed by atoms with Crippen LogP contribution in [0.2, 0.25) is 0 Å². The van der Waals surface area contributed by atoms with Gasteiger partial charge in [-0.1, -0.05) is 41.5 Å². The molecule has 0 fully saturated rings. The summed E-state index contributed by atoms with van der Waals surface area (Å²) in [5.41, 5.74) is 0.469. The Labute approximate surface area is 189 Å². The number of hydrogen-bond donors (Lipinski definition) is 4. The summed E-state index contributed by atoms with van der Waals surface area (Å²) >= 11 is 0. The molecule has 0 aliphatic carbocycles. The smallest absolute Gasteiger partial charge is 0.251 e. The molecule has 0 heterocycles. The molecule has 0 bridgehead atoms. The van der Waals surface area contributed by atoms with E-state index in [2.05, 4.69) is 21.3 Å². The Morgan fingerprint density at radius 3 is 1.50 bits per heavy atom. The molecule has 0 unspecified atom stereocenters.